The van der Waals surface area contributed by atoms with Crippen LogP contribution in [0.25, 0.3) is 0 Å². The van der Waals surface area contributed by atoms with Crippen LogP contribution in [-0.4, -0.2) is 36.5 Å². The largest absolute Gasteiger partial charge is 0.488 e. The van der Waals surface area contributed by atoms with E-state index < -0.39 is 5.97 Å². The molecule has 1 aliphatic heterocycles. The zero-order chi connectivity index (χ0) is 23.8. The van der Waals surface area contributed by atoms with Crippen molar-refractivity contribution in [3.63, 3.8) is 0 Å². The van der Waals surface area contributed by atoms with E-state index in [0.717, 1.165) is 24.8 Å². The summed E-state index contributed by atoms with van der Waals surface area (Å²) in [6, 6.07) is 23.1. The molecule has 5 nitrogen and oxygen atoms in total. The lowest BCUT2D eigenvalue weighted by Crippen LogP contribution is -2.41. The van der Waals surface area contributed by atoms with Gasteiger partial charge in [0.25, 0.3) is 5.91 Å². The van der Waals surface area contributed by atoms with Crippen LogP contribution in [0.15, 0.2) is 78.9 Å². The maximum atomic E-state index is 13.1. The Hall–Kier alpha value is -3.67. The summed E-state index contributed by atoms with van der Waals surface area (Å²) in [7, 11) is 0. The van der Waals surface area contributed by atoms with Crippen LogP contribution in [0.4, 0.5) is 4.39 Å². The molecule has 0 bridgehead atoms. The molecule has 0 atom stereocenters. The fourth-order valence-corrected chi connectivity index (χ4v) is 4.13. The lowest BCUT2D eigenvalue weighted by Gasteiger charge is -2.32. The minimum absolute atomic E-state index is 0.182. The number of carbonyl (C=O) groups is 2. The molecule has 0 unspecified atom stereocenters. The quantitative estimate of drug-likeness (QED) is 0.441. The third-order valence-corrected chi connectivity index (χ3v) is 6.08. The Balaban J connectivity index is 1.25. The second kappa shape index (κ2) is 11.5. The molecule has 176 valence electrons. The fraction of sp³-hybridized carbons (Fsp3) is 0.286. The number of nitrogens with zero attached hydrogens (tertiary/aromatic N) is 1. The van der Waals surface area contributed by atoms with Gasteiger partial charge in [-0.25, -0.2) is 9.18 Å². The summed E-state index contributed by atoms with van der Waals surface area (Å²) in [5.74, 6) is -0.207. The number of piperidine rings is 1. The number of hydrogen-bond acceptors (Lipinski definition) is 4. The highest BCUT2D eigenvalue weighted by molar-refractivity contribution is 5.94. The van der Waals surface area contributed by atoms with E-state index in [4.69, 9.17) is 9.47 Å². The van der Waals surface area contributed by atoms with Crippen molar-refractivity contribution in [3.05, 3.63) is 101 Å². The predicted molar refractivity (Wildman–Crippen MR) is 127 cm³/mol. The second-order valence-corrected chi connectivity index (χ2v) is 8.50. The monoisotopic (exact) mass is 461 g/mol. The molecule has 3 aromatic carbocycles. The summed E-state index contributed by atoms with van der Waals surface area (Å²) in [5.41, 5.74) is 2.34. The van der Waals surface area contributed by atoms with E-state index in [9.17, 15) is 14.0 Å². The van der Waals surface area contributed by atoms with Gasteiger partial charge in [-0.05, 0) is 60.6 Å². The lowest BCUT2D eigenvalue weighted by atomic mass is 9.90. The molecule has 4 rings (SSSR count). The van der Waals surface area contributed by atoms with Crippen molar-refractivity contribution >= 4 is 11.9 Å². The van der Waals surface area contributed by atoms with E-state index in [-0.39, 0.29) is 30.5 Å². The molecule has 0 N–H and O–H groups in total. The van der Waals surface area contributed by atoms with E-state index in [1.54, 1.807) is 41.3 Å². The summed E-state index contributed by atoms with van der Waals surface area (Å²) in [5, 5.41) is 0. The van der Waals surface area contributed by atoms with Gasteiger partial charge in [0, 0.05) is 13.1 Å². The number of ether oxygens (including phenoxy) is 2. The first-order valence-corrected chi connectivity index (χ1v) is 11.5. The van der Waals surface area contributed by atoms with E-state index in [0.29, 0.717) is 24.8 Å². The molecular weight excluding hydrogens is 433 g/mol. The van der Waals surface area contributed by atoms with Crippen LogP contribution in [0.3, 0.4) is 0 Å². The molecule has 0 aliphatic carbocycles. The summed E-state index contributed by atoms with van der Waals surface area (Å²) < 4.78 is 24.1. The van der Waals surface area contributed by atoms with Crippen molar-refractivity contribution in [3.8, 4) is 5.75 Å². The van der Waals surface area contributed by atoms with Crippen LogP contribution in [0.2, 0.25) is 0 Å². The molecule has 1 aliphatic rings. The van der Waals surface area contributed by atoms with E-state index in [2.05, 4.69) is 12.1 Å². The molecule has 0 radical (unpaired) electrons. The summed E-state index contributed by atoms with van der Waals surface area (Å²) >= 11 is 0. The number of esters is 1. The van der Waals surface area contributed by atoms with E-state index >= 15 is 0 Å². The molecule has 1 heterocycles. The number of hydrogen-bond donors (Lipinski definition) is 0. The average Bonchev–Trinajstić information content (AvgIpc) is 2.88. The Morgan fingerprint density at radius 3 is 2.26 bits per heavy atom. The molecule has 1 fully saturated rings. The standard InChI is InChI=1S/C28H28FNO4/c29-24-12-10-23(11-13-24)19-33-26-9-5-4-8-25(26)28(32)34-20-27(31)30-16-14-22(15-17-30)18-21-6-2-1-3-7-21/h1-13,22H,14-20H2. The molecule has 1 saturated heterocycles. The van der Waals surface area contributed by atoms with Crippen LogP contribution in [0.5, 0.6) is 5.75 Å². The molecule has 0 aromatic heterocycles. The summed E-state index contributed by atoms with van der Waals surface area (Å²) in [4.78, 5) is 27.0. The van der Waals surface area contributed by atoms with Gasteiger partial charge in [0.2, 0.25) is 0 Å². The van der Waals surface area contributed by atoms with Gasteiger partial charge < -0.3 is 14.4 Å². The molecule has 3 aromatic rings. The van der Waals surface area contributed by atoms with Crippen LogP contribution in [-0.2, 0) is 22.6 Å². The molecule has 6 heteroatoms. The maximum Gasteiger partial charge on any atom is 0.342 e. The third-order valence-electron chi connectivity index (χ3n) is 6.08. The van der Waals surface area contributed by atoms with Crippen molar-refractivity contribution in [2.24, 2.45) is 5.92 Å². The maximum absolute atomic E-state index is 13.1. The van der Waals surface area contributed by atoms with Gasteiger partial charge in [-0.3, -0.25) is 4.79 Å². The van der Waals surface area contributed by atoms with Gasteiger partial charge in [0.1, 0.15) is 23.7 Å². The zero-order valence-corrected chi connectivity index (χ0v) is 19.0. The molecule has 34 heavy (non-hydrogen) atoms. The number of benzene rings is 3. The van der Waals surface area contributed by atoms with Crippen LogP contribution >= 0.6 is 0 Å². The van der Waals surface area contributed by atoms with Gasteiger partial charge in [-0.2, -0.15) is 0 Å². The Labute approximate surface area is 199 Å². The average molecular weight is 462 g/mol. The number of likely N-dealkylation sites (tertiary alicyclic amines) is 1. The van der Waals surface area contributed by atoms with Crippen molar-refractivity contribution in [2.45, 2.75) is 25.9 Å². The van der Waals surface area contributed by atoms with Crippen molar-refractivity contribution in [1.82, 2.24) is 4.90 Å². The van der Waals surface area contributed by atoms with Crippen LogP contribution in [0, 0.1) is 11.7 Å². The highest BCUT2D eigenvalue weighted by Gasteiger charge is 2.24. The first kappa shape index (κ1) is 23.5. The number of rotatable bonds is 8. The Morgan fingerprint density at radius 2 is 1.53 bits per heavy atom. The number of para-hydroxylation sites is 1. The van der Waals surface area contributed by atoms with Crippen molar-refractivity contribution < 1.29 is 23.5 Å². The first-order chi connectivity index (χ1) is 16.6. The molecule has 0 saturated carbocycles. The third kappa shape index (κ3) is 6.44. The van der Waals surface area contributed by atoms with Gasteiger partial charge >= 0.3 is 5.97 Å². The number of halogens is 1. The number of amides is 1. The molecular formula is C28H28FNO4. The minimum Gasteiger partial charge on any atom is -0.488 e. The predicted octanol–water partition coefficient (Wildman–Crippen LogP) is 5.04. The topological polar surface area (TPSA) is 55.8 Å². The number of carbonyl (C=O) groups excluding carboxylic acids is 2. The smallest absolute Gasteiger partial charge is 0.342 e. The SMILES string of the molecule is O=C(OCC(=O)N1CCC(Cc2ccccc2)CC1)c1ccccc1OCc1ccc(F)cc1. The van der Waals surface area contributed by atoms with Crippen LogP contribution in [0.1, 0.15) is 34.3 Å². The van der Waals surface area contributed by atoms with E-state index in [1.165, 1.54) is 17.7 Å². The zero-order valence-electron chi connectivity index (χ0n) is 19.0. The van der Waals surface area contributed by atoms with Gasteiger partial charge in [0.15, 0.2) is 6.61 Å². The fourth-order valence-electron chi connectivity index (χ4n) is 4.13. The second-order valence-electron chi connectivity index (χ2n) is 8.50. The van der Waals surface area contributed by atoms with E-state index in [1.807, 2.05) is 18.2 Å². The lowest BCUT2D eigenvalue weighted by molar-refractivity contribution is -0.135. The van der Waals surface area contributed by atoms with Gasteiger partial charge in [-0.1, -0.05) is 54.6 Å². The normalized spacial score (nSPS) is 14.0. The van der Waals surface area contributed by atoms with Crippen LogP contribution < -0.4 is 4.74 Å². The molecule has 0 spiro atoms. The highest BCUT2D eigenvalue weighted by Crippen LogP contribution is 2.23. The Bertz CT molecular complexity index is 1090. The van der Waals surface area contributed by atoms with Gasteiger partial charge in [-0.15, -0.1) is 0 Å². The summed E-state index contributed by atoms with van der Waals surface area (Å²) in [6.45, 7) is 1.23. The Morgan fingerprint density at radius 1 is 0.853 bits per heavy atom. The Kier molecular flexibility index (Phi) is 7.91. The van der Waals surface area contributed by atoms with Crippen molar-refractivity contribution in [2.75, 3.05) is 19.7 Å². The highest BCUT2D eigenvalue weighted by atomic mass is 19.1. The van der Waals surface area contributed by atoms with Gasteiger partial charge in [0.05, 0.1) is 0 Å². The van der Waals surface area contributed by atoms with Crippen molar-refractivity contribution in [1.29, 1.82) is 0 Å². The molecule has 1 amide bonds. The summed E-state index contributed by atoms with van der Waals surface area (Å²) in [6.07, 6.45) is 2.90. The minimum atomic E-state index is -0.609. The first-order valence-electron chi connectivity index (χ1n) is 11.5.